The fourth-order valence-electron chi connectivity index (χ4n) is 7.62. The van der Waals surface area contributed by atoms with Crippen LogP contribution in [0.1, 0.15) is 98.9 Å². The quantitative estimate of drug-likeness (QED) is 0.145. The number of carboxylic acids is 1. The lowest BCUT2D eigenvalue weighted by molar-refractivity contribution is -0.253. The Morgan fingerprint density at radius 3 is 2.30 bits per heavy atom. The molecule has 3 aliphatic rings. The number of carbonyl (C=O) groups is 2. The molecule has 3 aliphatic heterocycles. The highest BCUT2D eigenvalue weighted by Gasteiger charge is 2.36. The number of carbonyl (C=O) groups excluding carboxylic acids is 1. The summed E-state index contributed by atoms with van der Waals surface area (Å²) in [5.74, 6) is -0.812. The van der Waals surface area contributed by atoms with Crippen molar-refractivity contribution in [2.24, 2.45) is 0 Å². The minimum absolute atomic E-state index is 0.0182. The highest BCUT2D eigenvalue weighted by atomic mass is 16.7. The van der Waals surface area contributed by atoms with Gasteiger partial charge in [-0.2, -0.15) is 0 Å². The van der Waals surface area contributed by atoms with Crippen LogP contribution in [0.4, 0.5) is 0 Å². The summed E-state index contributed by atoms with van der Waals surface area (Å²) >= 11 is 0. The molecular formula is C41H53N3O6. The van der Waals surface area contributed by atoms with Gasteiger partial charge in [0.25, 0.3) is 0 Å². The maximum absolute atomic E-state index is 12.3. The molecule has 1 amide bonds. The van der Waals surface area contributed by atoms with Gasteiger partial charge in [0, 0.05) is 50.5 Å². The maximum atomic E-state index is 12.3. The lowest BCUT2D eigenvalue weighted by Gasteiger charge is -2.39. The molecule has 268 valence electrons. The molecule has 0 aromatic heterocycles. The molecular weight excluding hydrogens is 630 g/mol. The first-order valence-electron chi connectivity index (χ1n) is 18.6. The monoisotopic (exact) mass is 683 g/mol. The number of likely N-dealkylation sites (tertiary alicyclic amines) is 2. The van der Waals surface area contributed by atoms with E-state index in [0.29, 0.717) is 31.8 Å². The Balaban J connectivity index is 1.09. The lowest BCUT2D eigenvalue weighted by atomic mass is 9.98. The summed E-state index contributed by atoms with van der Waals surface area (Å²) < 4.78 is 13.4. The number of aliphatic hydroxyl groups excluding tert-OH is 1. The van der Waals surface area contributed by atoms with Crippen molar-refractivity contribution in [1.29, 1.82) is 0 Å². The number of unbranched alkanes of at least 4 members (excludes halogenated alkanes) is 2. The van der Waals surface area contributed by atoms with Crippen LogP contribution in [0.5, 0.6) is 0 Å². The summed E-state index contributed by atoms with van der Waals surface area (Å²) in [4.78, 5) is 28.3. The summed E-state index contributed by atoms with van der Waals surface area (Å²) in [6, 6.07) is 25.3. The molecule has 0 aliphatic carbocycles. The molecule has 3 fully saturated rings. The summed E-state index contributed by atoms with van der Waals surface area (Å²) in [7, 11) is 0. The molecule has 50 heavy (non-hydrogen) atoms. The van der Waals surface area contributed by atoms with Crippen molar-refractivity contribution in [3.63, 3.8) is 0 Å². The average Bonchev–Trinajstić information content (AvgIpc) is 3.83. The van der Waals surface area contributed by atoms with Gasteiger partial charge in [-0.1, -0.05) is 73.2 Å². The van der Waals surface area contributed by atoms with Gasteiger partial charge >= 0.3 is 5.97 Å². The summed E-state index contributed by atoms with van der Waals surface area (Å²) in [5.41, 5.74) is 6.15. The smallest absolute Gasteiger partial charge is 0.303 e. The van der Waals surface area contributed by atoms with Crippen LogP contribution in [0.15, 0.2) is 72.8 Å². The second-order valence-electron chi connectivity index (χ2n) is 14.2. The summed E-state index contributed by atoms with van der Waals surface area (Å²) in [5, 5.41) is 21.4. The molecule has 3 saturated heterocycles. The molecule has 9 nitrogen and oxygen atoms in total. The Bertz CT molecular complexity index is 1520. The number of rotatable bonds is 16. The Morgan fingerprint density at radius 1 is 0.780 bits per heavy atom. The standard InChI is InChI=1S/C41H53N3O6/c45-29-30-13-15-33(16-14-30)38-25-37(28-44-23-7-10-36(44)27-43-21-4-5-22-43)49-41(50-38)34-19-17-32(18-20-34)35-9-6-8-31(24-35)26-42-39(46)11-2-1-3-12-40(47)48/h6,8-9,13-20,24,36-38,41,45H,1-5,7,10-12,21-23,25-29H2,(H,42,46)(H,47,48). The third-order valence-corrected chi connectivity index (χ3v) is 10.4. The van der Waals surface area contributed by atoms with Crippen molar-refractivity contribution >= 4 is 11.9 Å². The van der Waals surface area contributed by atoms with E-state index in [1.165, 1.54) is 38.8 Å². The topological polar surface area (TPSA) is 112 Å². The van der Waals surface area contributed by atoms with Crippen molar-refractivity contribution in [3.8, 4) is 11.1 Å². The Labute approximate surface area is 296 Å². The number of benzene rings is 3. The van der Waals surface area contributed by atoms with Crippen LogP contribution in [-0.4, -0.2) is 76.8 Å². The van der Waals surface area contributed by atoms with Crippen molar-refractivity contribution in [2.75, 3.05) is 32.7 Å². The van der Waals surface area contributed by atoms with Crippen molar-refractivity contribution in [1.82, 2.24) is 15.1 Å². The largest absolute Gasteiger partial charge is 0.481 e. The fraction of sp³-hybridized carbons (Fsp3) is 0.512. The molecule has 4 unspecified atom stereocenters. The zero-order valence-corrected chi connectivity index (χ0v) is 29.2. The van der Waals surface area contributed by atoms with Gasteiger partial charge in [0.15, 0.2) is 6.29 Å². The molecule has 3 heterocycles. The minimum atomic E-state index is -0.794. The predicted molar refractivity (Wildman–Crippen MR) is 193 cm³/mol. The number of nitrogens with one attached hydrogen (secondary N) is 1. The van der Waals surface area contributed by atoms with E-state index < -0.39 is 12.3 Å². The van der Waals surface area contributed by atoms with Gasteiger partial charge in [0.05, 0.1) is 18.8 Å². The molecule has 9 heteroatoms. The van der Waals surface area contributed by atoms with E-state index in [9.17, 15) is 14.7 Å². The number of nitrogens with zero attached hydrogens (tertiary/aromatic N) is 2. The van der Waals surface area contributed by atoms with Gasteiger partial charge in [-0.3, -0.25) is 14.5 Å². The van der Waals surface area contributed by atoms with Gasteiger partial charge in [0.1, 0.15) is 0 Å². The van der Waals surface area contributed by atoms with Gasteiger partial charge < -0.3 is 29.9 Å². The predicted octanol–water partition coefficient (Wildman–Crippen LogP) is 6.60. The molecule has 3 aromatic rings. The van der Waals surface area contributed by atoms with Crippen LogP contribution in [-0.2, 0) is 32.2 Å². The van der Waals surface area contributed by atoms with E-state index in [4.69, 9.17) is 14.6 Å². The molecule has 0 bridgehead atoms. The van der Waals surface area contributed by atoms with Gasteiger partial charge in [-0.05, 0) is 92.0 Å². The molecule has 3 aromatic carbocycles. The molecule has 6 rings (SSSR count). The third kappa shape index (κ3) is 10.2. The number of hydrogen-bond acceptors (Lipinski definition) is 7. The highest BCUT2D eigenvalue weighted by Crippen LogP contribution is 2.39. The number of aliphatic hydroxyl groups is 1. The van der Waals surface area contributed by atoms with Crippen molar-refractivity contribution < 1.29 is 29.3 Å². The van der Waals surface area contributed by atoms with E-state index in [0.717, 1.165) is 65.9 Å². The third-order valence-electron chi connectivity index (χ3n) is 10.4. The Hall–Kier alpha value is -3.60. The van der Waals surface area contributed by atoms with E-state index in [1.54, 1.807) is 0 Å². The highest BCUT2D eigenvalue weighted by molar-refractivity contribution is 5.76. The van der Waals surface area contributed by atoms with Crippen LogP contribution in [0.25, 0.3) is 11.1 Å². The Kier molecular flexibility index (Phi) is 13.1. The Morgan fingerprint density at radius 2 is 1.54 bits per heavy atom. The number of ether oxygens (including phenoxy) is 2. The molecule has 0 spiro atoms. The van der Waals surface area contributed by atoms with Gasteiger partial charge in [0.2, 0.25) is 5.91 Å². The van der Waals surface area contributed by atoms with Crippen LogP contribution >= 0.6 is 0 Å². The van der Waals surface area contributed by atoms with Crippen LogP contribution in [0, 0.1) is 0 Å². The fourth-order valence-corrected chi connectivity index (χ4v) is 7.62. The average molecular weight is 684 g/mol. The second kappa shape index (κ2) is 18.1. The van der Waals surface area contributed by atoms with Gasteiger partial charge in [-0.15, -0.1) is 0 Å². The zero-order valence-electron chi connectivity index (χ0n) is 29.2. The van der Waals surface area contributed by atoms with Crippen LogP contribution in [0.2, 0.25) is 0 Å². The molecule has 0 radical (unpaired) electrons. The second-order valence-corrected chi connectivity index (χ2v) is 14.2. The molecule has 0 saturated carbocycles. The summed E-state index contributed by atoms with van der Waals surface area (Å²) in [6.45, 7) is 6.09. The van der Waals surface area contributed by atoms with Crippen molar-refractivity contribution in [3.05, 3.63) is 95.1 Å². The van der Waals surface area contributed by atoms with Crippen LogP contribution < -0.4 is 5.32 Å². The first kappa shape index (κ1) is 36.2. The lowest BCUT2D eigenvalue weighted by Crippen LogP contribution is -2.45. The van der Waals surface area contributed by atoms with Crippen molar-refractivity contribution in [2.45, 2.75) is 102 Å². The SMILES string of the molecule is O=C(O)CCCCCC(=O)NCc1cccc(-c2ccc(C3OC(CN4CCCC4CN4CCCC4)CC(c4ccc(CO)cc4)O3)cc2)c1. The number of hydrogen-bond donors (Lipinski definition) is 3. The van der Waals surface area contributed by atoms with E-state index in [2.05, 4.69) is 63.6 Å². The minimum Gasteiger partial charge on any atom is -0.481 e. The number of carboxylic acid groups (broad SMARTS) is 1. The number of amides is 1. The summed E-state index contributed by atoms with van der Waals surface area (Å²) in [6.07, 6.45) is 7.91. The molecule has 3 N–H and O–H groups in total. The zero-order chi connectivity index (χ0) is 34.7. The maximum Gasteiger partial charge on any atom is 0.303 e. The molecule has 4 atom stereocenters. The van der Waals surface area contributed by atoms with E-state index in [-0.39, 0.29) is 31.1 Å². The van der Waals surface area contributed by atoms with E-state index in [1.807, 2.05) is 24.3 Å². The number of aliphatic carboxylic acids is 1. The van der Waals surface area contributed by atoms with Crippen LogP contribution in [0.3, 0.4) is 0 Å². The normalized spacial score (nSPS) is 22.9. The van der Waals surface area contributed by atoms with Gasteiger partial charge in [-0.25, -0.2) is 0 Å². The first-order chi connectivity index (χ1) is 24.4. The van der Waals surface area contributed by atoms with E-state index >= 15 is 0 Å². The first-order valence-corrected chi connectivity index (χ1v) is 18.6.